The van der Waals surface area contributed by atoms with Crippen LogP contribution in [0.25, 0.3) is 0 Å². The van der Waals surface area contributed by atoms with E-state index in [1.165, 1.54) is 12.1 Å². The summed E-state index contributed by atoms with van der Waals surface area (Å²) in [4.78, 5) is 2.01. The summed E-state index contributed by atoms with van der Waals surface area (Å²) in [5.74, 6) is 5.27. The minimum Gasteiger partial charge on any atom is -0.302 e. The zero-order chi connectivity index (χ0) is 13.2. The van der Waals surface area contributed by atoms with Crippen LogP contribution in [0.4, 0.5) is 4.39 Å². The van der Waals surface area contributed by atoms with Gasteiger partial charge in [-0.2, -0.15) is 0 Å². The first-order valence-electron chi connectivity index (χ1n) is 5.39. The predicted molar refractivity (Wildman–Crippen MR) is 69.2 cm³/mol. The van der Waals surface area contributed by atoms with Gasteiger partial charge in [-0.05, 0) is 51.7 Å². The van der Waals surface area contributed by atoms with Crippen molar-refractivity contribution < 1.29 is 4.39 Å². The van der Waals surface area contributed by atoms with Crippen LogP contribution < -0.4 is 11.3 Å². The van der Waals surface area contributed by atoms with Crippen molar-refractivity contribution in [2.45, 2.75) is 25.4 Å². The molecule has 0 fully saturated rings. The molecule has 3 nitrogen and oxygen atoms in total. The maximum atomic E-state index is 13.3. The van der Waals surface area contributed by atoms with Crippen molar-refractivity contribution in [1.82, 2.24) is 10.3 Å². The van der Waals surface area contributed by atoms with E-state index in [9.17, 15) is 4.39 Å². The van der Waals surface area contributed by atoms with Gasteiger partial charge in [0.25, 0.3) is 0 Å². The third-order valence-electron chi connectivity index (χ3n) is 3.29. The molecular formula is C12H19ClFN3. The molecule has 0 saturated heterocycles. The van der Waals surface area contributed by atoms with Gasteiger partial charge in [0.05, 0.1) is 6.04 Å². The van der Waals surface area contributed by atoms with Crippen molar-refractivity contribution >= 4 is 11.6 Å². The maximum absolute atomic E-state index is 13.3. The molecule has 96 valence electrons. The second kappa shape index (κ2) is 5.31. The average Bonchev–Trinajstić information content (AvgIpc) is 2.23. The van der Waals surface area contributed by atoms with Crippen LogP contribution in [-0.4, -0.2) is 24.5 Å². The van der Waals surface area contributed by atoms with Crippen LogP contribution in [0, 0.1) is 5.82 Å². The zero-order valence-corrected chi connectivity index (χ0v) is 11.3. The van der Waals surface area contributed by atoms with Gasteiger partial charge in [0.1, 0.15) is 5.82 Å². The van der Waals surface area contributed by atoms with E-state index >= 15 is 0 Å². The third kappa shape index (κ3) is 2.96. The van der Waals surface area contributed by atoms with Crippen LogP contribution >= 0.6 is 11.6 Å². The highest BCUT2D eigenvalue weighted by molar-refractivity contribution is 6.31. The zero-order valence-electron chi connectivity index (χ0n) is 10.6. The monoisotopic (exact) mass is 259 g/mol. The number of likely N-dealkylation sites (N-methyl/N-ethyl adjacent to an activating group) is 1. The molecule has 5 heteroatoms. The number of hydrazine groups is 1. The lowest BCUT2D eigenvalue weighted by Crippen LogP contribution is -2.51. The van der Waals surface area contributed by atoms with Crippen molar-refractivity contribution in [3.8, 4) is 0 Å². The number of rotatable bonds is 4. The van der Waals surface area contributed by atoms with Crippen molar-refractivity contribution in [2.24, 2.45) is 5.84 Å². The molecule has 0 bridgehead atoms. The Morgan fingerprint density at radius 1 is 1.41 bits per heavy atom. The molecule has 0 amide bonds. The van der Waals surface area contributed by atoms with E-state index in [1.54, 1.807) is 6.07 Å². The highest BCUT2D eigenvalue weighted by Crippen LogP contribution is 2.33. The van der Waals surface area contributed by atoms with Crippen molar-refractivity contribution in [3.63, 3.8) is 0 Å². The standard InChI is InChI=1S/C12H19ClFN3/c1-12(2,17(3)4)11(16-15)9-7-8(14)5-6-10(9)13/h5-7,11,16H,15H2,1-4H3. The van der Waals surface area contributed by atoms with Gasteiger partial charge in [-0.3, -0.25) is 11.3 Å². The molecule has 0 aliphatic rings. The number of nitrogens with one attached hydrogen (secondary N) is 1. The van der Waals surface area contributed by atoms with Gasteiger partial charge in [-0.15, -0.1) is 0 Å². The molecular weight excluding hydrogens is 241 g/mol. The summed E-state index contributed by atoms with van der Waals surface area (Å²) in [6.07, 6.45) is 0. The first kappa shape index (κ1) is 14.4. The molecule has 0 radical (unpaired) electrons. The number of nitrogens with two attached hydrogens (primary N) is 1. The Hall–Kier alpha value is -0.680. The minimum atomic E-state index is -0.320. The van der Waals surface area contributed by atoms with Crippen LogP contribution in [0.5, 0.6) is 0 Å². The van der Waals surface area contributed by atoms with E-state index in [4.69, 9.17) is 17.4 Å². The number of hydrogen-bond acceptors (Lipinski definition) is 3. The van der Waals surface area contributed by atoms with Crippen LogP contribution in [0.15, 0.2) is 18.2 Å². The molecule has 0 aromatic heterocycles. The van der Waals surface area contributed by atoms with Gasteiger partial charge < -0.3 is 4.90 Å². The Bertz CT molecular complexity index is 393. The van der Waals surface area contributed by atoms with Crippen molar-refractivity contribution in [1.29, 1.82) is 0 Å². The summed E-state index contributed by atoms with van der Waals surface area (Å²) in [5, 5.41) is 0.504. The fraction of sp³-hybridized carbons (Fsp3) is 0.500. The Balaban J connectivity index is 3.22. The van der Waals surface area contributed by atoms with E-state index in [0.29, 0.717) is 10.6 Å². The largest absolute Gasteiger partial charge is 0.302 e. The first-order valence-corrected chi connectivity index (χ1v) is 5.77. The molecule has 1 atom stereocenters. The normalized spacial score (nSPS) is 14.1. The SMILES string of the molecule is CN(C)C(C)(C)C(NN)c1cc(F)ccc1Cl. The number of halogens is 2. The Kier molecular flexibility index (Phi) is 4.49. The first-order chi connectivity index (χ1) is 7.80. The van der Waals surface area contributed by atoms with Gasteiger partial charge >= 0.3 is 0 Å². The molecule has 1 aromatic rings. The quantitative estimate of drug-likeness (QED) is 0.644. The van der Waals surface area contributed by atoms with E-state index in [2.05, 4.69) is 5.43 Å². The Morgan fingerprint density at radius 3 is 2.47 bits per heavy atom. The summed E-state index contributed by atoms with van der Waals surface area (Å²) in [7, 11) is 3.88. The lowest BCUT2D eigenvalue weighted by atomic mass is 9.88. The maximum Gasteiger partial charge on any atom is 0.123 e. The smallest absolute Gasteiger partial charge is 0.123 e. The summed E-state index contributed by atoms with van der Waals surface area (Å²) < 4.78 is 13.3. The highest BCUT2D eigenvalue weighted by Gasteiger charge is 2.33. The van der Waals surface area contributed by atoms with Gasteiger partial charge in [0.2, 0.25) is 0 Å². The molecule has 1 unspecified atom stereocenters. The van der Waals surface area contributed by atoms with Crippen LogP contribution in [-0.2, 0) is 0 Å². The summed E-state index contributed by atoms with van der Waals surface area (Å²) in [6.45, 7) is 4.03. The molecule has 1 aromatic carbocycles. The fourth-order valence-electron chi connectivity index (χ4n) is 1.67. The predicted octanol–water partition coefficient (Wildman–Crippen LogP) is 2.32. The molecule has 0 heterocycles. The molecule has 0 spiro atoms. The van der Waals surface area contributed by atoms with Crippen molar-refractivity contribution in [2.75, 3.05) is 14.1 Å². The third-order valence-corrected chi connectivity index (χ3v) is 3.64. The topological polar surface area (TPSA) is 41.3 Å². The molecule has 0 saturated carbocycles. The van der Waals surface area contributed by atoms with Gasteiger partial charge in [0.15, 0.2) is 0 Å². The van der Waals surface area contributed by atoms with Crippen LogP contribution in [0.3, 0.4) is 0 Å². The second-order valence-corrected chi connectivity index (χ2v) is 5.22. The van der Waals surface area contributed by atoms with E-state index < -0.39 is 0 Å². The van der Waals surface area contributed by atoms with Crippen LogP contribution in [0.1, 0.15) is 25.5 Å². The lowest BCUT2D eigenvalue weighted by Gasteiger charge is -2.40. The molecule has 0 aliphatic heterocycles. The number of benzene rings is 1. The second-order valence-electron chi connectivity index (χ2n) is 4.81. The van der Waals surface area contributed by atoms with E-state index in [0.717, 1.165) is 0 Å². The summed E-state index contributed by atoms with van der Waals surface area (Å²) in [6, 6.07) is 4.03. The average molecular weight is 260 g/mol. The van der Waals surface area contributed by atoms with Gasteiger partial charge in [-0.25, -0.2) is 4.39 Å². The molecule has 17 heavy (non-hydrogen) atoms. The molecule has 0 aliphatic carbocycles. The van der Waals surface area contributed by atoms with E-state index in [1.807, 2.05) is 32.8 Å². The number of hydrogen-bond donors (Lipinski definition) is 2. The fourth-order valence-corrected chi connectivity index (χ4v) is 1.89. The lowest BCUT2D eigenvalue weighted by molar-refractivity contribution is 0.138. The minimum absolute atomic E-state index is 0.263. The molecule has 3 N–H and O–H groups in total. The Morgan fingerprint density at radius 2 is 2.00 bits per heavy atom. The summed E-state index contributed by atoms with van der Waals surface area (Å²) in [5.41, 5.74) is 3.08. The van der Waals surface area contributed by atoms with E-state index in [-0.39, 0.29) is 17.4 Å². The summed E-state index contributed by atoms with van der Waals surface area (Å²) >= 11 is 6.10. The van der Waals surface area contributed by atoms with Gasteiger partial charge in [-0.1, -0.05) is 11.6 Å². The van der Waals surface area contributed by atoms with Gasteiger partial charge in [0, 0.05) is 10.6 Å². The highest BCUT2D eigenvalue weighted by atomic mass is 35.5. The number of nitrogens with zero attached hydrogens (tertiary/aromatic N) is 1. The van der Waals surface area contributed by atoms with Crippen molar-refractivity contribution in [3.05, 3.63) is 34.6 Å². The van der Waals surface area contributed by atoms with Crippen LogP contribution in [0.2, 0.25) is 5.02 Å². The molecule has 1 rings (SSSR count). The Labute approximate surface area is 107 Å².